The quantitative estimate of drug-likeness (QED) is 0.496. The third kappa shape index (κ3) is 2.97. The van der Waals surface area contributed by atoms with Gasteiger partial charge in [-0.2, -0.15) is 0 Å². The maximum Gasteiger partial charge on any atom is 0.267 e. The summed E-state index contributed by atoms with van der Waals surface area (Å²) in [5.41, 5.74) is 1.14. The molecule has 0 aliphatic carbocycles. The van der Waals surface area contributed by atoms with Gasteiger partial charge in [0.05, 0.1) is 29.5 Å². The number of ketones is 1. The molecule has 0 saturated heterocycles. The van der Waals surface area contributed by atoms with Gasteiger partial charge in [0.1, 0.15) is 11.5 Å². The Bertz CT molecular complexity index is 1230. The van der Waals surface area contributed by atoms with E-state index in [4.69, 9.17) is 4.74 Å². The monoisotopic (exact) mass is 380 g/mol. The van der Waals surface area contributed by atoms with Gasteiger partial charge in [0.25, 0.3) is 5.56 Å². The molecule has 27 heavy (non-hydrogen) atoms. The molecule has 0 fully saturated rings. The molecule has 8 heteroatoms. The van der Waals surface area contributed by atoms with Gasteiger partial charge in [-0.1, -0.05) is 30.0 Å². The predicted molar refractivity (Wildman–Crippen MR) is 104 cm³/mol. The minimum absolute atomic E-state index is 0.0437. The number of rotatable bonds is 5. The van der Waals surface area contributed by atoms with Crippen LogP contribution in [0.25, 0.3) is 22.4 Å². The number of thioether (sulfide) groups is 1. The summed E-state index contributed by atoms with van der Waals surface area (Å²) in [4.78, 5) is 24.6. The van der Waals surface area contributed by atoms with Gasteiger partial charge < -0.3 is 4.74 Å². The van der Waals surface area contributed by atoms with Crippen molar-refractivity contribution in [3.05, 3.63) is 58.9 Å². The molecule has 0 bridgehead atoms. The van der Waals surface area contributed by atoms with Gasteiger partial charge >= 0.3 is 0 Å². The van der Waals surface area contributed by atoms with Gasteiger partial charge in [-0.05, 0) is 31.2 Å². The molecule has 0 N–H and O–H groups in total. The van der Waals surface area contributed by atoms with Crippen molar-refractivity contribution in [1.29, 1.82) is 0 Å². The zero-order valence-electron chi connectivity index (χ0n) is 14.7. The van der Waals surface area contributed by atoms with Crippen LogP contribution in [0, 0.1) is 0 Å². The second kappa shape index (κ2) is 6.88. The van der Waals surface area contributed by atoms with E-state index in [1.165, 1.54) is 23.3 Å². The van der Waals surface area contributed by atoms with Crippen LogP contribution in [0.15, 0.2) is 58.5 Å². The molecule has 0 aliphatic heterocycles. The average molecular weight is 380 g/mol. The lowest BCUT2D eigenvalue weighted by Crippen LogP contribution is -2.21. The molecule has 2 heterocycles. The molecule has 0 radical (unpaired) electrons. The number of methoxy groups -OCH3 is 1. The molecule has 0 amide bonds. The van der Waals surface area contributed by atoms with Crippen molar-refractivity contribution in [3.63, 3.8) is 0 Å². The SMILES string of the molecule is COc1cccc(-n2c(=O)c3ccccc3n3c(SCC(C)=O)nnc23)c1. The van der Waals surface area contributed by atoms with Crippen LogP contribution >= 0.6 is 11.8 Å². The summed E-state index contributed by atoms with van der Waals surface area (Å²) in [6, 6.07) is 14.5. The van der Waals surface area contributed by atoms with Crippen LogP contribution in [0.1, 0.15) is 6.92 Å². The number of carbonyl (C=O) groups is 1. The van der Waals surface area contributed by atoms with E-state index < -0.39 is 0 Å². The fourth-order valence-corrected chi connectivity index (χ4v) is 3.66. The van der Waals surface area contributed by atoms with E-state index in [0.717, 1.165) is 0 Å². The fourth-order valence-electron chi connectivity index (χ4n) is 2.92. The Morgan fingerprint density at radius 2 is 1.96 bits per heavy atom. The maximum absolute atomic E-state index is 13.2. The van der Waals surface area contributed by atoms with Gasteiger partial charge in [-0.3, -0.25) is 14.0 Å². The van der Waals surface area contributed by atoms with Crippen molar-refractivity contribution in [2.75, 3.05) is 12.9 Å². The van der Waals surface area contributed by atoms with Crippen LogP contribution in [-0.2, 0) is 4.79 Å². The molecule has 136 valence electrons. The highest BCUT2D eigenvalue weighted by molar-refractivity contribution is 7.99. The summed E-state index contributed by atoms with van der Waals surface area (Å²) in [7, 11) is 1.57. The van der Waals surface area contributed by atoms with E-state index in [1.807, 2.05) is 40.8 Å². The van der Waals surface area contributed by atoms with Crippen molar-refractivity contribution >= 4 is 34.2 Å². The Labute approximate surface area is 158 Å². The Morgan fingerprint density at radius 1 is 1.15 bits per heavy atom. The highest BCUT2D eigenvalue weighted by Crippen LogP contribution is 2.24. The maximum atomic E-state index is 13.2. The lowest BCUT2D eigenvalue weighted by Gasteiger charge is -2.12. The summed E-state index contributed by atoms with van der Waals surface area (Å²) >= 11 is 1.30. The van der Waals surface area contributed by atoms with Crippen LogP contribution in [0.4, 0.5) is 0 Å². The van der Waals surface area contributed by atoms with Crippen molar-refractivity contribution in [1.82, 2.24) is 19.2 Å². The van der Waals surface area contributed by atoms with Crippen molar-refractivity contribution < 1.29 is 9.53 Å². The van der Waals surface area contributed by atoms with Crippen molar-refractivity contribution in [3.8, 4) is 11.4 Å². The standard InChI is InChI=1S/C19H16N4O3S/c1-12(24)11-27-19-21-20-18-22(13-6-5-7-14(10-13)26-2)17(25)15-8-3-4-9-16(15)23(18)19/h3-10H,11H2,1-2H3. The van der Waals surface area contributed by atoms with E-state index in [-0.39, 0.29) is 17.1 Å². The molecular weight excluding hydrogens is 364 g/mol. The Morgan fingerprint density at radius 3 is 2.74 bits per heavy atom. The molecular formula is C19H16N4O3S. The average Bonchev–Trinajstić information content (AvgIpc) is 3.10. The highest BCUT2D eigenvalue weighted by Gasteiger charge is 2.18. The summed E-state index contributed by atoms with van der Waals surface area (Å²) in [5.74, 6) is 1.35. The van der Waals surface area contributed by atoms with Gasteiger partial charge in [0, 0.05) is 6.07 Å². The van der Waals surface area contributed by atoms with E-state index in [9.17, 15) is 9.59 Å². The lowest BCUT2D eigenvalue weighted by atomic mass is 10.2. The first kappa shape index (κ1) is 17.3. The van der Waals surface area contributed by atoms with Crippen LogP contribution in [0.3, 0.4) is 0 Å². The first-order valence-corrected chi connectivity index (χ1v) is 9.24. The van der Waals surface area contributed by atoms with Crippen LogP contribution < -0.4 is 10.3 Å². The Balaban J connectivity index is 2.07. The molecule has 4 aromatic rings. The number of fused-ring (bicyclic) bond motifs is 3. The summed E-state index contributed by atoms with van der Waals surface area (Å²) in [6.45, 7) is 1.53. The molecule has 2 aromatic carbocycles. The minimum atomic E-state index is -0.193. The number of aromatic nitrogens is 4. The molecule has 0 aliphatic rings. The van der Waals surface area contributed by atoms with Crippen LogP contribution in [-0.4, -0.2) is 37.8 Å². The van der Waals surface area contributed by atoms with Gasteiger partial charge in [-0.25, -0.2) is 4.57 Å². The van der Waals surface area contributed by atoms with E-state index in [0.29, 0.717) is 33.3 Å². The number of hydrogen-bond donors (Lipinski definition) is 0. The topological polar surface area (TPSA) is 78.5 Å². The highest BCUT2D eigenvalue weighted by atomic mass is 32.2. The summed E-state index contributed by atoms with van der Waals surface area (Å²) < 4.78 is 8.61. The number of nitrogens with zero attached hydrogens (tertiary/aromatic N) is 4. The zero-order chi connectivity index (χ0) is 19.0. The summed E-state index contributed by atoms with van der Waals surface area (Å²) in [6.07, 6.45) is 0. The van der Waals surface area contributed by atoms with E-state index >= 15 is 0 Å². The first-order valence-electron chi connectivity index (χ1n) is 8.25. The number of hydrogen-bond acceptors (Lipinski definition) is 6. The zero-order valence-corrected chi connectivity index (χ0v) is 15.6. The predicted octanol–water partition coefficient (Wildman–Crippen LogP) is 2.72. The number of carbonyl (C=O) groups excluding carboxylic acids is 1. The van der Waals surface area contributed by atoms with Gasteiger partial charge in [-0.15, -0.1) is 10.2 Å². The van der Waals surface area contributed by atoms with Gasteiger partial charge in [0.15, 0.2) is 5.16 Å². The molecule has 2 aromatic heterocycles. The number of para-hydroxylation sites is 1. The normalized spacial score (nSPS) is 11.2. The van der Waals surface area contributed by atoms with Gasteiger partial charge in [0.2, 0.25) is 5.78 Å². The number of ether oxygens (including phenoxy) is 1. The smallest absolute Gasteiger partial charge is 0.267 e. The fraction of sp³-hybridized carbons (Fsp3) is 0.158. The van der Waals surface area contributed by atoms with Crippen LogP contribution in [0.5, 0.6) is 5.75 Å². The molecule has 0 spiro atoms. The lowest BCUT2D eigenvalue weighted by molar-refractivity contribution is -0.114. The summed E-state index contributed by atoms with van der Waals surface area (Å²) in [5, 5.41) is 9.56. The Hall–Kier alpha value is -3.13. The molecule has 4 rings (SSSR count). The molecule has 7 nitrogen and oxygen atoms in total. The van der Waals surface area contributed by atoms with E-state index in [1.54, 1.807) is 19.2 Å². The first-order chi connectivity index (χ1) is 13.1. The molecule has 0 unspecified atom stereocenters. The second-order valence-corrected chi connectivity index (χ2v) is 6.91. The Kier molecular flexibility index (Phi) is 4.41. The van der Waals surface area contributed by atoms with Crippen LogP contribution in [0.2, 0.25) is 0 Å². The largest absolute Gasteiger partial charge is 0.497 e. The van der Waals surface area contributed by atoms with E-state index in [2.05, 4.69) is 10.2 Å². The molecule has 0 saturated carbocycles. The van der Waals surface area contributed by atoms with Crippen molar-refractivity contribution in [2.45, 2.75) is 12.1 Å². The number of benzene rings is 2. The van der Waals surface area contributed by atoms with Crippen molar-refractivity contribution in [2.24, 2.45) is 0 Å². The molecule has 0 atom stereocenters. The third-order valence-electron chi connectivity index (χ3n) is 4.11. The second-order valence-electron chi connectivity index (χ2n) is 5.97. The number of Topliss-reactive ketones (excluding diaryl/α,β-unsaturated/α-hetero) is 1. The minimum Gasteiger partial charge on any atom is -0.497 e. The third-order valence-corrected chi connectivity index (χ3v) is 5.18.